The molecule has 2 heteroatoms. The lowest BCUT2D eigenvalue weighted by molar-refractivity contribution is -0.115. The molecule has 1 aliphatic carbocycles. The third-order valence-corrected chi connectivity index (χ3v) is 3.01. The van der Waals surface area contributed by atoms with Gasteiger partial charge in [0.2, 0.25) is 0 Å². The molecule has 0 radical (unpaired) electrons. The summed E-state index contributed by atoms with van der Waals surface area (Å²) in [7, 11) is 0. The van der Waals surface area contributed by atoms with E-state index in [9.17, 15) is 4.79 Å². The largest absolute Gasteiger partial charge is 0.306 e. The molecule has 0 heterocycles. The molecule has 0 aromatic heterocycles. The van der Waals surface area contributed by atoms with E-state index in [0.29, 0.717) is 12.5 Å². The highest BCUT2D eigenvalue weighted by Crippen LogP contribution is 2.16. The Bertz CT molecular complexity index is 394. The van der Waals surface area contributed by atoms with Gasteiger partial charge in [-0.3, -0.25) is 4.79 Å². The minimum absolute atomic E-state index is 0.260. The van der Waals surface area contributed by atoms with Crippen LogP contribution in [0.5, 0.6) is 0 Å². The van der Waals surface area contributed by atoms with Gasteiger partial charge in [0.1, 0.15) is 0 Å². The molecule has 1 atom stereocenters. The number of carbonyl (C=O) groups is 1. The molecule has 1 aromatic rings. The maximum atomic E-state index is 11.2. The summed E-state index contributed by atoms with van der Waals surface area (Å²) >= 11 is 0. The van der Waals surface area contributed by atoms with Gasteiger partial charge in [-0.25, -0.2) is 0 Å². The maximum absolute atomic E-state index is 11.2. The second-order valence-corrected chi connectivity index (χ2v) is 4.31. The molecule has 0 saturated heterocycles. The highest BCUT2D eigenvalue weighted by molar-refractivity contribution is 5.91. The lowest BCUT2D eigenvalue weighted by atomic mass is 9.94. The van der Waals surface area contributed by atoms with Crippen molar-refractivity contribution in [2.24, 2.45) is 0 Å². The molecule has 1 unspecified atom stereocenters. The van der Waals surface area contributed by atoms with Gasteiger partial charge in [0, 0.05) is 19.0 Å². The summed E-state index contributed by atoms with van der Waals surface area (Å²) in [6.07, 6.45) is 3.37. The van der Waals surface area contributed by atoms with E-state index in [0.717, 1.165) is 18.5 Å². The average Bonchev–Trinajstić information content (AvgIpc) is 2.29. The number of ketones is 1. The lowest BCUT2D eigenvalue weighted by Gasteiger charge is -2.22. The van der Waals surface area contributed by atoms with Crippen molar-refractivity contribution in [2.75, 3.05) is 0 Å². The molecule has 0 fully saturated rings. The summed E-state index contributed by atoms with van der Waals surface area (Å²) in [5.74, 6) is 0.260. The van der Waals surface area contributed by atoms with Crippen LogP contribution in [0.3, 0.4) is 0 Å². The maximum Gasteiger partial charge on any atom is 0.155 e. The van der Waals surface area contributed by atoms with Crippen LogP contribution in [-0.2, 0) is 11.3 Å². The molecular weight excluding hydrogens is 198 g/mol. The van der Waals surface area contributed by atoms with Gasteiger partial charge in [0.05, 0.1) is 0 Å². The van der Waals surface area contributed by atoms with Crippen LogP contribution in [0.25, 0.3) is 0 Å². The number of hydrogen-bond donors (Lipinski definition) is 1. The first-order valence-electron chi connectivity index (χ1n) is 5.74. The van der Waals surface area contributed by atoms with Gasteiger partial charge in [-0.1, -0.05) is 35.9 Å². The Morgan fingerprint density at radius 3 is 2.75 bits per heavy atom. The second kappa shape index (κ2) is 5.08. The van der Waals surface area contributed by atoms with Crippen LogP contribution in [0.4, 0.5) is 0 Å². The van der Waals surface area contributed by atoms with Crippen molar-refractivity contribution in [2.45, 2.75) is 32.4 Å². The summed E-state index contributed by atoms with van der Waals surface area (Å²) in [6.45, 7) is 2.89. The summed E-state index contributed by atoms with van der Waals surface area (Å²) in [5.41, 5.74) is 2.44. The molecule has 2 rings (SSSR count). The number of hydrogen-bond acceptors (Lipinski definition) is 2. The van der Waals surface area contributed by atoms with Crippen LogP contribution in [0.1, 0.15) is 25.3 Å². The minimum Gasteiger partial charge on any atom is -0.306 e. The van der Waals surface area contributed by atoms with Crippen molar-refractivity contribution in [3.63, 3.8) is 0 Å². The molecule has 0 aliphatic heterocycles. The van der Waals surface area contributed by atoms with Crippen molar-refractivity contribution < 1.29 is 4.79 Å². The molecule has 1 aliphatic rings. The van der Waals surface area contributed by atoms with E-state index in [-0.39, 0.29) is 5.78 Å². The van der Waals surface area contributed by atoms with Crippen molar-refractivity contribution >= 4 is 5.78 Å². The van der Waals surface area contributed by atoms with E-state index in [1.54, 1.807) is 6.08 Å². The summed E-state index contributed by atoms with van der Waals surface area (Å²) in [6, 6.07) is 10.7. The predicted molar refractivity (Wildman–Crippen MR) is 65.1 cm³/mol. The number of allylic oxidation sites excluding steroid dienone is 1. The standard InChI is InChI=1S/C14H17NO/c1-11-9-13(16)7-8-14(11)15-10-12-5-3-2-4-6-12/h2-6,9,14-15H,7-8,10H2,1H3. The molecular formula is C14H17NO. The van der Waals surface area contributed by atoms with Crippen LogP contribution in [0, 0.1) is 0 Å². The number of benzene rings is 1. The van der Waals surface area contributed by atoms with E-state index in [1.165, 1.54) is 5.56 Å². The van der Waals surface area contributed by atoms with Gasteiger partial charge in [-0.15, -0.1) is 0 Å². The molecule has 0 bridgehead atoms. The van der Waals surface area contributed by atoms with Crippen LogP contribution < -0.4 is 5.32 Å². The van der Waals surface area contributed by atoms with Crippen LogP contribution in [-0.4, -0.2) is 11.8 Å². The van der Waals surface area contributed by atoms with Gasteiger partial charge in [-0.2, -0.15) is 0 Å². The zero-order chi connectivity index (χ0) is 11.4. The van der Waals surface area contributed by atoms with Crippen molar-refractivity contribution in [1.82, 2.24) is 5.32 Å². The Morgan fingerprint density at radius 1 is 1.31 bits per heavy atom. The van der Waals surface area contributed by atoms with Crippen molar-refractivity contribution in [3.05, 3.63) is 47.5 Å². The SMILES string of the molecule is CC1=CC(=O)CCC1NCc1ccccc1. The fraction of sp³-hybridized carbons (Fsp3) is 0.357. The monoisotopic (exact) mass is 215 g/mol. The van der Waals surface area contributed by atoms with Crippen LogP contribution in [0.15, 0.2) is 42.0 Å². The second-order valence-electron chi connectivity index (χ2n) is 4.31. The van der Waals surface area contributed by atoms with E-state index in [4.69, 9.17) is 0 Å². The highest BCUT2D eigenvalue weighted by Gasteiger charge is 2.17. The van der Waals surface area contributed by atoms with Crippen molar-refractivity contribution in [1.29, 1.82) is 0 Å². The van der Waals surface area contributed by atoms with Gasteiger partial charge in [-0.05, 0) is 25.0 Å². The Kier molecular flexibility index (Phi) is 3.52. The Labute approximate surface area is 96.4 Å². The quantitative estimate of drug-likeness (QED) is 0.839. The summed E-state index contributed by atoms with van der Waals surface area (Å²) in [4.78, 5) is 11.2. The molecule has 2 nitrogen and oxygen atoms in total. The molecule has 0 spiro atoms. The van der Waals surface area contributed by atoms with Crippen molar-refractivity contribution in [3.8, 4) is 0 Å². The first-order valence-corrected chi connectivity index (χ1v) is 5.74. The normalized spacial score (nSPS) is 20.7. The number of rotatable bonds is 3. The zero-order valence-electron chi connectivity index (χ0n) is 9.57. The Hall–Kier alpha value is -1.41. The predicted octanol–water partition coefficient (Wildman–Crippen LogP) is 2.45. The Balaban J connectivity index is 1.92. The first-order chi connectivity index (χ1) is 7.75. The third kappa shape index (κ3) is 2.80. The minimum atomic E-state index is 0.260. The molecule has 1 aromatic carbocycles. The number of carbonyl (C=O) groups excluding carboxylic acids is 1. The van der Waals surface area contributed by atoms with Gasteiger partial charge in [0.15, 0.2) is 5.78 Å². The number of nitrogens with one attached hydrogen (secondary N) is 1. The molecule has 16 heavy (non-hydrogen) atoms. The van der Waals surface area contributed by atoms with E-state index in [2.05, 4.69) is 17.4 Å². The fourth-order valence-corrected chi connectivity index (χ4v) is 2.04. The highest BCUT2D eigenvalue weighted by atomic mass is 16.1. The topological polar surface area (TPSA) is 29.1 Å². The third-order valence-electron chi connectivity index (χ3n) is 3.01. The molecule has 1 N–H and O–H groups in total. The van der Waals surface area contributed by atoms with E-state index in [1.807, 2.05) is 25.1 Å². The van der Waals surface area contributed by atoms with Gasteiger partial charge in [0.25, 0.3) is 0 Å². The smallest absolute Gasteiger partial charge is 0.155 e. The van der Waals surface area contributed by atoms with E-state index < -0.39 is 0 Å². The molecule has 0 saturated carbocycles. The first kappa shape index (κ1) is 11.1. The summed E-state index contributed by atoms with van der Waals surface area (Å²) in [5, 5.41) is 3.49. The van der Waals surface area contributed by atoms with Gasteiger partial charge >= 0.3 is 0 Å². The van der Waals surface area contributed by atoms with E-state index >= 15 is 0 Å². The molecule has 0 amide bonds. The van der Waals surface area contributed by atoms with Crippen LogP contribution >= 0.6 is 0 Å². The average molecular weight is 215 g/mol. The summed E-state index contributed by atoms with van der Waals surface area (Å²) < 4.78 is 0. The fourth-order valence-electron chi connectivity index (χ4n) is 2.04. The zero-order valence-corrected chi connectivity index (χ0v) is 9.57. The Morgan fingerprint density at radius 2 is 2.06 bits per heavy atom. The van der Waals surface area contributed by atoms with Gasteiger partial charge < -0.3 is 5.32 Å². The molecule has 84 valence electrons. The lowest BCUT2D eigenvalue weighted by Crippen LogP contribution is -2.32. The van der Waals surface area contributed by atoms with Crippen LogP contribution in [0.2, 0.25) is 0 Å².